The molecule has 0 aromatic carbocycles. The van der Waals surface area contributed by atoms with E-state index in [0.29, 0.717) is 41.4 Å². The molecule has 0 bridgehead atoms. The zero-order chi connectivity index (χ0) is 18.0. The maximum Gasteiger partial charge on any atom is 0.407 e. The Morgan fingerprint density at radius 1 is 1.20 bits per heavy atom. The Morgan fingerprint density at radius 3 is 2.36 bits per heavy atom. The molecule has 5 nitrogen and oxygen atoms in total. The molecule has 1 unspecified atom stereocenters. The molecule has 0 radical (unpaired) electrons. The number of carboxylic acid groups (broad SMARTS) is 1. The Balaban J connectivity index is 1.78. The van der Waals surface area contributed by atoms with Crippen LogP contribution in [0.4, 0.5) is 4.79 Å². The molecule has 2 N–H and O–H groups in total. The lowest BCUT2D eigenvalue weighted by atomic mass is 9.73. The highest BCUT2D eigenvalue weighted by Gasteiger charge is 2.41. The van der Waals surface area contributed by atoms with Crippen LogP contribution in [0.15, 0.2) is 6.07 Å². The molecule has 3 rings (SSSR count). The summed E-state index contributed by atoms with van der Waals surface area (Å²) < 4.78 is 1.29. The van der Waals surface area contributed by atoms with Gasteiger partial charge in [0, 0.05) is 38.6 Å². The quantitative estimate of drug-likeness (QED) is 0.788. The fourth-order valence-electron chi connectivity index (χ4n) is 4.04. The third-order valence-corrected chi connectivity index (χ3v) is 7.03. The number of amides is 1. The summed E-state index contributed by atoms with van der Waals surface area (Å²) in [5.41, 5.74) is 0.165. The van der Waals surface area contributed by atoms with Gasteiger partial charge >= 0.3 is 6.09 Å². The van der Waals surface area contributed by atoms with E-state index in [1.165, 1.54) is 16.2 Å². The highest BCUT2D eigenvalue weighted by Crippen LogP contribution is 2.45. The highest BCUT2D eigenvalue weighted by atomic mass is 35.5. The van der Waals surface area contributed by atoms with E-state index >= 15 is 0 Å². The number of nitrogens with zero attached hydrogens (tertiary/aromatic N) is 2. The zero-order valence-electron chi connectivity index (χ0n) is 14.1. The Kier molecular flexibility index (Phi) is 6.16. The molecule has 0 spiro atoms. The standard InChI is InChI=1S/C17H24Cl2N2O3S/c18-14-10-12(15(19)25-14)13(17(24)4-2-1-3-5-17)11-20-6-8-21(9-7-20)16(22)23/h10,13,24H,1-9,11H2,(H,22,23). The van der Waals surface area contributed by atoms with Crippen molar-refractivity contribution in [2.45, 2.75) is 43.6 Å². The van der Waals surface area contributed by atoms with E-state index in [1.54, 1.807) is 0 Å². The van der Waals surface area contributed by atoms with Crippen LogP contribution in [0.5, 0.6) is 0 Å². The number of piperazine rings is 1. The fourth-order valence-corrected chi connectivity index (χ4v) is 5.62. The first-order valence-electron chi connectivity index (χ1n) is 8.76. The van der Waals surface area contributed by atoms with Crippen molar-refractivity contribution in [1.82, 2.24) is 9.80 Å². The number of halogens is 2. The molecule has 1 saturated carbocycles. The number of aliphatic hydroxyl groups is 1. The maximum absolute atomic E-state index is 11.4. The molecule has 2 aliphatic rings. The fraction of sp³-hybridized carbons (Fsp3) is 0.706. The molecule has 1 atom stereocenters. The summed E-state index contributed by atoms with van der Waals surface area (Å²) in [6.45, 7) is 3.02. The SMILES string of the molecule is O=C(O)N1CCN(CC(c2cc(Cl)sc2Cl)C2(O)CCCCC2)CC1. The Hall–Kier alpha value is -0.530. The van der Waals surface area contributed by atoms with Gasteiger partial charge in [-0.05, 0) is 24.5 Å². The van der Waals surface area contributed by atoms with E-state index in [-0.39, 0.29) is 5.92 Å². The van der Waals surface area contributed by atoms with Crippen LogP contribution in [-0.4, -0.2) is 64.4 Å². The predicted octanol–water partition coefficient (Wildman–Crippen LogP) is 4.13. The van der Waals surface area contributed by atoms with Gasteiger partial charge in [-0.25, -0.2) is 4.79 Å². The smallest absolute Gasteiger partial charge is 0.407 e. The summed E-state index contributed by atoms with van der Waals surface area (Å²) in [6, 6.07) is 1.89. The molecular weight excluding hydrogens is 383 g/mol. The largest absolute Gasteiger partial charge is 0.465 e. The van der Waals surface area contributed by atoms with Crippen molar-refractivity contribution in [3.8, 4) is 0 Å². The van der Waals surface area contributed by atoms with E-state index in [4.69, 9.17) is 28.3 Å². The summed E-state index contributed by atoms with van der Waals surface area (Å²) >= 11 is 13.9. The maximum atomic E-state index is 11.4. The molecule has 1 aliphatic carbocycles. The summed E-state index contributed by atoms with van der Waals surface area (Å²) in [5.74, 6) is -0.0968. The van der Waals surface area contributed by atoms with E-state index in [0.717, 1.165) is 37.7 Å². The molecule has 1 aliphatic heterocycles. The van der Waals surface area contributed by atoms with Crippen LogP contribution in [0, 0.1) is 0 Å². The summed E-state index contributed by atoms with van der Waals surface area (Å²) in [7, 11) is 0. The van der Waals surface area contributed by atoms with Crippen LogP contribution in [0.1, 0.15) is 43.6 Å². The predicted molar refractivity (Wildman–Crippen MR) is 101 cm³/mol. The Morgan fingerprint density at radius 2 is 1.84 bits per heavy atom. The minimum absolute atomic E-state index is 0.0968. The topological polar surface area (TPSA) is 64.0 Å². The van der Waals surface area contributed by atoms with Crippen LogP contribution in [0.3, 0.4) is 0 Å². The van der Waals surface area contributed by atoms with E-state index < -0.39 is 11.7 Å². The van der Waals surface area contributed by atoms with Crippen LogP contribution in [0.2, 0.25) is 8.67 Å². The van der Waals surface area contributed by atoms with Crippen LogP contribution in [-0.2, 0) is 0 Å². The van der Waals surface area contributed by atoms with Gasteiger partial charge in [-0.15, -0.1) is 11.3 Å². The zero-order valence-corrected chi connectivity index (χ0v) is 16.4. The second kappa shape index (κ2) is 8.01. The molecule has 1 aromatic rings. The van der Waals surface area contributed by atoms with Crippen LogP contribution in [0.25, 0.3) is 0 Å². The van der Waals surface area contributed by atoms with Crippen molar-refractivity contribution in [2.24, 2.45) is 0 Å². The summed E-state index contributed by atoms with van der Waals surface area (Å²) in [6.07, 6.45) is 3.89. The van der Waals surface area contributed by atoms with Gasteiger partial charge in [0.2, 0.25) is 0 Å². The van der Waals surface area contributed by atoms with Gasteiger partial charge in [-0.1, -0.05) is 42.5 Å². The minimum atomic E-state index is -0.866. The van der Waals surface area contributed by atoms with E-state index in [2.05, 4.69) is 4.90 Å². The lowest BCUT2D eigenvalue weighted by Gasteiger charge is -2.43. The van der Waals surface area contributed by atoms with Crippen molar-refractivity contribution in [3.63, 3.8) is 0 Å². The minimum Gasteiger partial charge on any atom is -0.465 e. The van der Waals surface area contributed by atoms with Gasteiger partial charge in [-0.3, -0.25) is 4.90 Å². The molecule has 2 fully saturated rings. The third-order valence-electron chi connectivity index (χ3n) is 5.51. The van der Waals surface area contributed by atoms with E-state index in [1.807, 2.05) is 6.07 Å². The lowest BCUT2D eigenvalue weighted by Crippen LogP contribution is -2.51. The molecule has 1 saturated heterocycles. The van der Waals surface area contributed by atoms with Gasteiger partial charge in [0.25, 0.3) is 0 Å². The van der Waals surface area contributed by atoms with Crippen molar-refractivity contribution in [3.05, 3.63) is 20.3 Å². The Bertz CT molecular complexity index is 611. The molecule has 1 amide bonds. The van der Waals surface area contributed by atoms with Gasteiger partial charge in [0.05, 0.1) is 14.3 Å². The van der Waals surface area contributed by atoms with Gasteiger partial charge < -0.3 is 15.1 Å². The van der Waals surface area contributed by atoms with Crippen molar-refractivity contribution in [1.29, 1.82) is 0 Å². The molecule has 140 valence electrons. The number of hydrogen-bond donors (Lipinski definition) is 2. The first kappa shape index (κ1) is 19.2. The van der Waals surface area contributed by atoms with Gasteiger partial charge in [0.1, 0.15) is 0 Å². The third kappa shape index (κ3) is 4.42. The normalized spacial score (nSPS) is 22.8. The molecule has 25 heavy (non-hydrogen) atoms. The van der Waals surface area contributed by atoms with Crippen molar-refractivity contribution in [2.75, 3.05) is 32.7 Å². The molecule has 8 heteroatoms. The summed E-state index contributed by atoms with van der Waals surface area (Å²) in [5, 5.41) is 20.5. The number of carbonyl (C=O) groups is 1. The second-order valence-corrected chi connectivity index (χ2v) is 9.35. The number of hydrogen-bond acceptors (Lipinski definition) is 4. The number of rotatable bonds is 4. The van der Waals surface area contributed by atoms with Crippen molar-refractivity contribution >= 4 is 40.6 Å². The highest BCUT2D eigenvalue weighted by molar-refractivity contribution is 7.20. The lowest BCUT2D eigenvalue weighted by molar-refractivity contribution is -0.0337. The van der Waals surface area contributed by atoms with Crippen LogP contribution >= 0.6 is 34.5 Å². The average molecular weight is 407 g/mol. The first-order chi connectivity index (χ1) is 11.9. The van der Waals surface area contributed by atoms with E-state index in [9.17, 15) is 9.90 Å². The second-order valence-electron chi connectivity index (χ2n) is 7.07. The molecule has 2 heterocycles. The van der Waals surface area contributed by atoms with Gasteiger partial charge in [-0.2, -0.15) is 0 Å². The summed E-state index contributed by atoms with van der Waals surface area (Å²) in [4.78, 5) is 14.8. The van der Waals surface area contributed by atoms with Gasteiger partial charge in [0.15, 0.2) is 0 Å². The Labute approximate surface area is 162 Å². The molecule has 1 aromatic heterocycles. The first-order valence-corrected chi connectivity index (χ1v) is 10.3. The van der Waals surface area contributed by atoms with Crippen LogP contribution < -0.4 is 0 Å². The average Bonchev–Trinajstić information content (AvgIpc) is 2.91. The number of thiophene rings is 1. The molecular formula is C17H24Cl2N2O3S. The van der Waals surface area contributed by atoms with Crippen molar-refractivity contribution < 1.29 is 15.0 Å². The monoisotopic (exact) mass is 406 g/mol.